The van der Waals surface area contributed by atoms with Crippen molar-refractivity contribution in [3.63, 3.8) is 0 Å². The van der Waals surface area contributed by atoms with Crippen molar-refractivity contribution in [3.8, 4) is 0 Å². The summed E-state index contributed by atoms with van der Waals surface area (Å²) < 4.78 is 4.26. The number of hydrogen-bond acceptors (Lipinski definition) is 5. The van der Waals surface area contributed by atoms with Crippen LogP contribution in [0.15, 0.2) is 0 Å². The summed E-state index contributed by atoms with van der Waals surface area (Å²) in [5.41, 5.74) is 0. The molecule has 0 aliphatic carbocycles. The quantitative estimate of drug-likeness (QED) is 0.863. The molecule has 78 valence electrons. The summed E-state index contributed by atoms with van der Waals surface area (Å²) >= 11 is 3.52. The fourth-order valence-corrected chi connectivity index (χ4v) is 3.28. The van der Waals surface area contributed by atoms with Gasteiger partial charge in [0.05, 0.1) is 0 Å². The molecule has 0 spiro atoms. The Labute approximate surface area is 92.9 Å². The maximum absolute atomic E-state index is 4.41. The zero-order valence-corrected chi connectivity index (χ0v) is 9.96. The zero-order chi connectivity index (χ0) is 9.80. The molecular weight excluding hydrogens is 214 g/mol. The molecule has 0 radical (unpaired) electrons. The molecule has 1 saturated heterocycles. The molecule has 2 rings (SSSR count). The number of thioether (sulfide) groups is 1. The Kier molecular flexibility index (Phi) is 3.64. The van der Waals surface area contributed by atoms with Crippen molar-refractivity contribution in [1.82, 2.24) is 9.36 Å². The minimum absolute atomic E-state index is 0.603. The number of rotatable bonds is 3. The number of hydrogen-bond donors (Lipinski definition) is 1. The molecule has 1 atom stereocenters. The highest BCUT2D eigenvalue weighted by Crippen LogP contribution is 2.21. The summed E-state index contributed by atoms with van der Waals surface area (Å²) in [5, 5.41) is 4.45. The van der Waals surface area contributed by atoms with E-state index in [-0.39, 0.29) is 0 Å². The maximum Gasteiger partial charge on any atom is 0.202 e. The Morgan fingerprint density at radius 1 is 1.57 bits per heavy atom. The fourth-order valence-electron chi connectivity index (χ4n) is 1.49. The second-order valence-corrected chi connectivity index (χ2v) is 5.33. The van der Waals surface area contributed by atoms with Crippen LogP contribution in [0.2, 0.25) is 0 Å². The Bertz CT molecular complexity index is 281. The topological polar surface area (TPSA) is 37.8 Å². The lowest BCUT2D eigenvalue weighted by Gasteiger charge is -2.21. The summed E-state index contributed by atoms with van der Waals surface area (Å²) in [4.78, 5) is 4.41. The van der Waals surface area contributed by atoms with Gasteiger partial charge in [-0.25, -0.2) is 4.98 Å². The molecule has 1 fully saturated rings. The number of nitrogens with zero attached hydrogens (tertiary/aromatic N) is 2. The molecule has 14 heavy (non-hydrogen) atoms. The van der Waals surface area contributed by atoms with Gasteiger partial charge in [-0.05, 0) is 18.6 Å². The lowest BCUT2D eigenvalue weighted by atomic mass is 10.2. The molecule has 0 saturated carbocycles. The number of anilines is 1. The molecule has 1 aliphatic rings. The summed E-state index contributed by atoms with van der Waals surface area (Å²) in [6.45, 7) is 2.09. The minimum atomic E-state index is 0.603. The first-order valence-electron chi connectivity index (χ1n) is 5.05. The third-order valence-corrected chi connectivity index (χ3v) is 4.17. The van der Waals surface area contributed by atoms with Gasteiger partial charge in [0.15, 0.2) is 0 Å². The molecule has 1 unspecified atom stereocenters. The molecule has 0 aromatic carbocycles. The highest BCUT2D eigenvalue weighted by atomic mass is 32.2. The lowest BCUT2D eigenvalue weighted by molar-refractivity contribution is 0.684. The van der Waals surface area contributed by atoms with Crippen LogP contribution in [-0.2, 0) is 6.42 Å². The largest absolute Gasteiger partial charge is 0.357 e. The fraction of sp³-hybridized carbons (Fsp3) is 0.778. The van der Waals surface area contributed by atoms with Gasteiger partial charge in [-0.1, -0.05) is 6.92 Å². The summed E-state index contributed by atoms with van der Waals surface area (Å²) in [6.07, 6.45) is 3.52. The van der Waals surface area contributed by atoms with Gasteiger partial charge in [0.25, 0.3) is 0 Å². The van der Waals surface area contributed by atoms with E-state index < -0.39 is 0 Å². The molecule has 0 bridgehead atoms. The monoisotopic (exact) mass is 229 g/mol. The van der Waals surface area contributed by atoms with Gasteiger partial charge < -0.3 is 5.32 Å². The van der Waals surface area contributed by atoms with Gasteiger partial charge in [-0.3, -0.25) is 0 Å². The maximum atomic E-state index is 4.41. The number of aryl methyl sites for hydroxylation is 1. The summed E-state index contributed by atoms with van der Waals surface area (Å²) in [7, 11) is 0. The molecule has 5 heteroatoms. The van der Waals surface area contributed by atoms with Crippen LogP contribution in [0.4, 0.5) is 5.13 Å². The zero-order valence-electron chi connectivity index (χ0n) is 8.32. The third-order valence-electron chi connectivity index (χ3n) is 2.27. The van der Waals surface area contributed by atoms with Crippen LogP contribution in [-0.4, -0.2) is 26.9 Å². The first-order valence-corrected chi connectivity index (χ1v) is 6.98. The summed E-state index contributed by atoms with van der Waals surface area (Å²) in [6, 6.07) is 0.603. The lowest BCUT2D eigenvalue weighted by Crippen LogP contribution is -2.25. The molecule has 1 aromatic heterocycles. The van der Waals surface area contributed by atoms with E-state index in [0.717, 1.165) is 17.4 Å². The molecule has 3 nitrogen and oxygen atoms in total. The van der Waals surface area contributed by atoms with Gasteiger partial charge in [0.2, 0.25) is 5.13 Å². The van der Waals surface area contributed by atoms with Gasteiger partial charge in [0.1, 0.15) is 5.82 Å². The van der Waals surface area contributed by atoms with Crippen molar-refractivity contribution in [1.29, 1.82) is 0 Å². The molecule has 1 N–H and O–H groups in total. The first kappa shape index (κ1) is 10.2. The van der Waals surface area contributed by atoms with Crippen LogP contribution in [0.25, 0.3) is 0 Å². The molecule has 2 heterocycles. The van der Waals surface area contributed by atoms with Crippen LogP contribution in [0.1, 0.15) is 25.6 Å². The minimum Gasteiger partial charge on any atom is -0.357 e. The number of aromatic nitrogens is 2. The van der Waals surface area contributed by atoms with E-state index in [4.69, 9.17) is 0 Å². The second-order valence-electron chi connectivity index (χ2n) is 3.43. The normalized spacial score (nSPS) is 22.2. The average Bonchev–Trinajstić information content (AvgIpc) is 2.67. The summed E-state index contributed by atoms with van der Waals surface area (Å²) in [5.74, 6) is 3.48. The van der Waals surface area contributed by atoms with Crippen molar-refractivity contribution in [3.05, 3.63) is 5.82 Å². The van der Waals surface area contributed by atoms with Crippen molar-refractivity contribution in [2.24, 2.45) is 0 Å². The smallest absolute Gasteiger partial charge is 0.202 e. The molecule has 0 amide bonds. The second kappa shape index (κ2) is 4.98. The first-order chi connectivity index (χ1) is 6.88. The van der Waals surface area contributed by atoms with E-state index in [0.29, 0.717) is 6.04 Å². The Balaban J connectivity index is 1.89. The Hall–Kier alpha value is -0.290. The van der Waals surface area contributed by atoms with Crippen LogP contribution in [0.5, 0.6) is 0 Å². The molecule has 1 aliphatic heterocycles. The Morgan fingerprint density at radius 2 is 2.50 bits per heavy atom. The predicted molar refractivity (Wildman–Crippen MR) is 63.3 cm³/mol. The van der Waals surface area contributed by atoms with Crippen molar-refractivity contribution in [2.45, 2.75) is 32.2 Å². The third kappa shape index (κ3) is 2.60. The SMILES string of the molecule is CCc1nsc(NC2CCCSC2)n1. The van der Waals surface area contributed by atoms with Crippen LogP contribution < -0.4 is 5.32 Å². The highest BCUT2D eigenvalue weighted by Gasteiger charge is 2.14. The van der Waals surface area contributed by atoms with Gasteiger partial charge in [-0.2, -0.15) is 16.1 Å². The van der Waals surface area contributed by atoms with Gasteiger partial charge in [0, 0.05) is 29.7 Å². The van der Waals surface area contributed by atoms with Crippen molar-refractivity contribution in [2.75, 3.05) is 16.8 Å². The van der Waals surface area contributed by atoms with Gasteiger partial charge >= 0.3 is 0 Å². The van der Waals surface area contributed by atoms with Crippen molar-refractivity contribution >= 4 is 28.4 Å². The van der Waals surface area contributed by atoms with E-state index in [1.165, 1.54) is 35.9 Å². The van der Waals surface area contributed by atoms with Crippen molar-refractivity contribution < 1.29 is 0 Å². The standard InChI is InChI=1S/C9H15N3S2/c1-2-8-11-9(14-12-8)10-7-4-3-5-13-6-7/h7H,2-6H2,1H3,(H,10,11,12). The molecular formula is C9H15N3S2. The van der Waals surface area contributed by atoms with E-state index >= 15 is 0 Å². The van der Waals surface area contributed by atoms with E-state index in [1.807, 2.05) is 11.8 Å². The molecule has 1 aromatic rings. The highest BCUT2D eigenvalue weighted by molar-refractivity contribution is 7.99. The van der Waals surface area contributed by atoms with Crippen LogP contribution in [0.3, 0.4) is 0 Å². The van der Waals surface area contributed by atoms with E-state index in [9.17, 15) is 0 Å². The number of nitrogens with one attached hydrogen (secondary N) is 1. The van der Waals surface area contributed by atoms with Crippen LogP contribution >= 0.6 is 23.3 Å². The average molecular weight is 229 g/mol. The van der Waals surface area contributed by atoms with E-state index in [2.05, 4.69) is 21.6 Å². The van der Waals surface area contributed by atoms with Gasteiger partial charge in [-0.15, -0.1) is 0 Å². The Morgan fingerprint density at radius 3 is 3.14 bits per heavy atom. The van der Waals surface area contributed by atoms with E-state index in [1.54, 1.807) is 0 Å². The predicted octanol–water partition coefficient (Wildman–Crippen LogP) is 2.41. The van der Waals surface area contributed by atoms with Crippen LogP contribution in [0, 0.1) is 0 Å².